The SMILES string of the molecule is C=C(C)c1cccnc1N(C(=O)c1ccc(-n2nnc3cccnc32)cc1F)[C@@H]1CCCN(C(=O)OC(C)(C)C)C1. The maximum absolute atomic E-state index is 15.7. The van der Waals surface area contributed by atoms with Gasteiger partial charge in [0.15, 0.2) is 5.65 Å². The zero-order valence-electron chi connectivity index (χ0n) is 23.5. The number of piperidine rings is 1. The van der Waals surface area contributed by atoms with Crippen molar-refractivity contribution in [2.75, 3.05) is 18.0 Å². The number of ether oxygens (including phenoxy) is 1. The summed E-state index contributed by atoms with van der Waals surface area (Å²) in [6.07, 6.45) is 3.95. The number of pyridine rings is 2. The number of likely N-dealkylation sites (tertiary alicyclic amines) is 1. The molecule has 11 heteroatoms. The van der Waals surface area contributed by atoms with Crippen LogP contribution in [0, 0.1) is 5.82 Å². The van der Waals surface area contributed by atoms with Gasteiger partial charge in [0.05, 0.1) is 17.3 Å². The molecule has 3 aromatic heterocycles. The Balaban J connectivity index is 1.53. The monoisotopic (exact) mass is 557 g/mol. The number of anilines is 1. The summed E-state index contributed by atoms with van der Waals surface area (Å²) in [5.74, 6) is -0.950. The number of amides is 2. The summed E-state index contributed by atoms with van der Waals surface area (Å²) < 4.78 is 22.7. The summed E-state index contributed by atoms with van der Waals surface area (Å²) in [5, 5.41) is 8.17. The molecule has 212 valence electrons. The topological polar surface area (TPSA) is 106 Å². The highest BCUT2D eigenvalue weighted by Crippen LogP contribution is 2.31. The lowest BCUT2D eigenvalue weighted by molar-refractivity contribution is 0.0195. The van der Waals surface area contributed by atoms with Gasteiger partial charge in [-0.3, -0.25) is 9.69 Å². The molecule has 1 atom stereocenters. The van der Waals surface area contributed by atoms with Gasteiger partial charge >= 0.3 is 6.09 Å². The molecule has 10 nitrogen and oxygen atoms in total. The standard InChI is InChI=1S/C30H32FN7O3/c1-19(2)22-10-6-14-32-26(22)37(21-9-8-16-36(18-21)29(40)41-30(3,4)5)28(39)23-13-12-20(17-24(23)31)38-27-25(34-35-38)11-7-15-33-27/h6-7,10-15,17,21H,1,8-9,16,18H2,2-5H3/t21-/m1/s1. The normalized spacial score (nSPS) is 15.5. The number of carbonyl (C=O) groups excluding carboxylic acids is 2. The number of aromatic nitrogens is 5. The summed E-state index contributed by atoms with van der Waals surface area (Å²) in [7, 11) is 0. The molecule has 2 amide bonds. The highest BCUT2D eigenvalue weighted by Gasteiger charge is 2.36. The molecule has 0 spiro atoms. The molecule has 0 unspecified atom stereocenters. The van der Waals surface area contributed by atoms with Crippen molar-refractivity contribution in [1.29, 1.82) is 0 Å². The number of hydrogen-bond acceptors (Lipinski definition) is 7. The fourth-order valence-corrected chi connectivity index (χ4v) is 4.89. The Morgan fingerprint density at radius 1 is 1.10 bits per heavy atom. The van der Waals surface area contributed by atoms with Gasteiger partial charge < -0.3 is 9.64 Å². The van der Waals surface area contributed by atoms with Crippen molar-refractivity contribution < 1.29 is 18.7 Å². The van der Waals surface area contributed by atoms with Crippen LogP contribution in [-0.2, 0) is 4.74 Å². The van der Waals surface area contributed by atoms with Crippen LogP contribution in [0.4, 0.5) is 15.0 Å². The van der Waals surface area contributed by atoms with E-state index in [9.17, 15) is 9.59 Å². The molecule has 1 saturated heterocycles. The Labute approximate surface area is 237 Å². The fraction of sp³-hybridized carbons (Fsp3) is 0.333. The minimum Gasteiger partial charge on any atom is -0.444 e. The molecule has 4 heterocycles. The number of rotatable bonds is 5. The fourth-order valence-electron chi connectivity index (χ4n) is 4.89. The maximum atomic E-state index is 15.7. The van der Waals surface area contributed by atoms with Crippen molar-refractivity contribution in [3.8, 4) is 5.69 Å². The Morgan fingerprint density at radius 3 is 2.59 bits per heavy atom. The third-order valence-electron chi connectivity index (χ3n) is 6.74. The number of halogens is 1. The Bertz CT molecular complexity index is 1630. The molecule has 4 aromatic rings. The van der Waals surface area contributed by atoms with Gasteiger partial charge in [0, 0.05) is 37.1 Å². The quantitative estimate of drug-likeness (QED) is 0.322. The average molecular weight is 558 g/mol. The van der Waals surface area contributed by atoms with Crippen molar-refractivity contribution in [1.82, 2.24) is 29.9 Å². The molecule has 0 radical (unpaired) electrons. The highest BCUT2D eigenvalue weighted by atomic mass is 19.1. The molecule has 41 heavy (non-hydrogen) atoms. The van der Waals surface area contributed by atoms with E-state index in [0.717, 1.165) is 0 Å². The minimum atomic E-state index is -0.732. The van der Waals surface area contributed by atoms with Gasteiger partial charge in [0.2, 0.25) is 0 Å². The van der Waals surface area contributed by atoms with Gasteiger partial charge in [-0.1, -0.05) is 11.8 Å². The second-order valence-corrected chi connectivity index (χ2v) is 11.1. The second-order valence-electron chi connectivity index (χ2n) is 11.1. The average Bonchev–Trinajstić information content (AvgIpc) is 3.37. The van der Waals surface area contributed by atoms with E-state index >= 15 is 4.39 Å². The molecule has 1 aliphatic heterocycles. The molecule has 0 aliphatic carbocycles. The van der Waals surface area contributed by atoms with Crippen LogP contribution in [0.2, 0.25) is 0 Å². The number of carbonyl (C=O) groups is 2. The van der Waals surface area contributed by atoms with Crippen LogP contribution in [-0.4, -0.2) is 66.6 Å². The van der Waals surface area contributed by atoms with E-state index in [0.29, 0.717) is 53.2 Å². The van der Waals surface area contributed by atoms with Gasteiger partial charge in [-0.15, -0.1) is 5.10 Å². The van der Waals surface area contributed by atoms with E-state index in [4.69, 9.17) is 4.74 Å². The first-order chi connectivity index (χ1) is 19.5. The Kier molecular flexibility index (Phi) is 7.53. The Hall–Kier alpha value is -4.67. The van der Waals surface area contributed by atoms with Crippen LogP contribution in [0.1, 0.15) is 56.5 Å². The number of allylic oxidation sites excluding steroid dienone is 1. The van der Waals surface area contributed by atoms with Crippen molar-refractivity contribution in [2.45, 2.75) is 52.2 Å². The molecular formula is C30H32FN7O3. The summed E-state index contributed by atoms with van der Waals surface area (Å²) in [5.41, 5.74) is 1.97. The van der Waals surface area contributed by atoms with Crippen molar-refractivity contribution in [3.05, 3.63) is 78.4 Å². The van der Waals surface area contributed by atoms with Gasteiger partial charge in [0.1, 0.15) is 22.8 Å². The smallest absolute Gasteiger partial charge is 0.410 e. The number of nitrogens with zero attached hydrogens (tertiary/aromatic N) is 7. The lowest BCUT2D eigenvalue weighted by Gasteiger charge is -2.39. The van der Waals surface area contributed by atoms with Crippen LogP contribution in [0.3, 0.4) is 0 Å². The van der Waals surface area contributed by atoms with Gasteiger partial charge in [-0.2, -0.15) is 4.68 Å². The van der Waals surface area contributed by atoms with Crippen LogP contribution in [0.15, 0.2) is 61.4 Å². The third kappa shape index (κ3) is 5.79. The zero-order chi connectivity index (χ0) is 29.3. The zero-order valence-corrected chi connectivity index (χ0v) is 23.5. The lowest BCUT2D eigenvalue weighted by atomic mass is 10.0. The largest absolute Gasteiger partial charge is 0.444 e. The summed E-state index contributed by atoms with van der Waals surface area (Å²) in [4.78, 5) is 39.0. The molecule has 1 aliphatic rings. The minimum absolute atomic E-state index is 0.140. The molecule has 5 rings (SSSR count). The summed E-state index contributed by atoms with van der Waals surface area (Å²) in [6, 6.07) is 10.9. The van der Waals surface area contributed by atoms with E-state index in [1.165, 1.54) is 21.7 Å². The first kappa shape index (κ1) is 27.9. The molecule has 0 bridgehead atoms. The highest BCUT2D eigenvalue weighted by molar-refractivity contribution is 6.07. The Morgan fingerprint density at radius 2 is 1.85 bits per heavy atom. The predicted octanol–water partition coefficient (Wildman–Crippen LogP) is 5.43. The lowest BCUT2D eigenvalue weighted by Crippen LogP contribution is -2.53. The van der Waals surface area contributed by atoms with Crippen molar-refractivity contribution >= 4 is 34.6 Å². The van der Waals surface area contributed by atoms with Gasteiger partial charge in [-0.25, -0.2) is 19.2 Å². The molecule has 1 aromatic carbocycles. The van der Waals surface area contributed by atoms with E-state index in [2.05, 4.69) is 26.9 Å². The van der Waals surface area contributed by atoms with Crippen molar-refractivity contribution in [2.24, 2.45) is 0 Å². The molecular weight excluding hydrogens is 525 g/mol. The number of hydrogen-bond donors (Lipinski definition) is 0. The van der Waals surface area contributed by atoms with Crippen LogP contribution in [0.5, 0.6) is 0 Å². The van der Waals surface area contributed by atoms with E-state index in [1.807, 2.05) is 13.0 Å². The van der Waals surface area contributed by atoms with Crippen LogP contribution < -0.4 is 4.90 Å². The molecule has 0 N–H and O–H groups in total. The summed E-state index contributed by atoms with van der Waals surface area (Å²) >= 11 is 0. The van der Waals surface area contributed by atoms with E-state index < -0.39 is 29.5 Å². The maximum Gasteiger partial charge on any atom is 0.410 e. The first-order valence-corrected chi connectivity index (χ1v) is 13.4. The number of fused-ring (bicyclic) bond motifs is 1. The van der Waals surface area contributed by atoms with Gasteiger partial charge in [-0.05, 0) is 82.5 Å². The van der Waals surface area contributed by atoms with Crippen LogP contribution in [0.25, 0.3) is 22.4 Å². The first-order valence-electron chi connectivity index (χ1n) is 13.4. The summed E-state index contributed by atoms with van der Waals surface area (Å²) in [6.45, 7) is 12.0. The van der Waals surface area contributed by atoms with Crippen LogP contribution >= 0.6 is 0 Å². The van der Waals surface area contributed by atoms with Crippen molar-refractivity contribution in [3.63, 3.8) is 0 Å². The third-order valence-corrected chi connectivity index (χ3v) is 6.74. The number of benzene rings is 1. The van der Waals surface area contributed by atoms with E-state index in [-0.39, 0.29) is 12.1 Å². The molecule has 1 fully saturated rings. The second kappa shape index (κ2) is 11.1. The van der Waals surface area contributed by atoms with E-state index in [1.54, 1.807) is 62.3 Å². The predicted molar refractivity (Wildman–Crippen MR) is 153 cm³/mol. The molecule has 0 saturated carbocycles. The van der Waals surface area contributed by atoms with Gasteiger partial charge in [0.25, 0.3) is 5.91 Å².